The molecule has 1 heterocycles. The molecule has 1 rings (SSSR count). The molecule has 2 atom stereocenters. The lowest BCUT2D eigenvalue weighted by atomic mass is 10.1. The van der Waals surface area contributed by atoms with E-state index in [1.807, 2.05) is 0 Å². The largest absolute Gasteiger partial charge is 0.311 e. The van der Waals surface area contributed by atoms with Crippen molar-refractivity contribution in [2.24, 2.45) is 0 Å². The molecule has 0 aromatic carbocycles. The molecule has 1 N–H and O–H groups in total. The summed E-state index contributed by atoms with van der Waals surface area (Å²) in [6.45, 7) is 4.58. The Morgan fingerprint density at radius 3 is 2.15 bits per heavy atom. The highest BCUT2D eigenvalue weighted by Gasteiger charge is 2.20. The van der Waals surface area contributed by atoms with Crippen LogP contribution in [0.15, 0.2) is 12.2 Å². The maximum atomic E-state index is 3.75. The Labute approximate surface area is 127 Å². The lowest BCUT2D eigenvalue weighted by molar-refractivity contribution is 0.492. The average molecular weight is 280 g/mol. The monoisotopic (exact) mass is 279 g/mol. The number of hydrogen-bond acceptors (Lipinski definition) is 1. The summed E-state index contributed by atoms with van der Waals surface area (Å²) < 4.78 is 0. The van der Waals surface area contributed by atoms with E-state index in [1.54, 1.807) is 0 Å². The van der Waals surface area contributed by atoms with Crippen LogP contribution in [0.5, 0.6) is 0 Å². The van der Waals surface area contributed by atoms with Gasteiger partial charge in [-0.3, -0.25) is 0 Å². The summed E-state index contributed by atoms with van der Waals surface area (Å²) in [4.78, 5) is 0. The minimum absolute atomic E-state index is 0.809. The fourth-order valence-corrected chi connectivity index (χ4v) is 3.21. The maximum absolute atomic E-state index is 3.75. The molecule has 1 nitrogen and oxygen atoms in total. The molecule has 0 aliphatic carbocycles. The standard InChI is InChI=1S/C19H37N/c1-3-5-6-7-8-9-10-11-12-13-14-15-19-17-16-18(4-2)20-19/h11-12,18-20H,3-10,13-17H2,1-2H3/t18-,19-/m1/s1. The summed E-state index contributed by atoms with van der Waals surface area (Å²) in [5.74, 6) is 0. The number of rotatable bonds is 12. The molecule has 1 fully saturated rings. The Hall–Kier alpha value is -0.300. The quantitative estimate of drug-likeness (QED) is 0.341. The van der Waals surface area contributed by atoms with Crippen molar-refractivity contribution in [1.29, 1.82) is 0 Å². The zero-order valence-electron chi connectivity index (χ0n) is 14.0. The first-order valence-corrected chi connectivity index (χ1v) is 9.27. The summed E-state index contributed by atoms with van der Waals surface area (Å²) in [5.41, 5.74) is 0. The number of unbranched alkanes of at least 4 members (excludes halogenated alkanes) is 7. The molecule has 0 bridgehead atoms. The molecule has 1 aliphatic rings. The van der Waals surface area contributed by atoms with Crippen molar-refractivity contribution >= 4 is 0 Å². The molecule has 0 spiro atoms. The fourth-order valence-electron chi connectivity index (χ4n) is 3.21. The molecular formula is C19H37N. The second kappa shape index (κ2) is 12.4. The van der Waals surface area contributed by atoms with Gasteiger partial charge in [-0.1, -0.05) is 58.1 Å². The predicted molar refractivity (Wildman–Crippen MR) is 91.2 cm³/mol. The van der Waals surface area contributed by atoms with E-state index in [2.05, 4.69) is 31.3 Å². The summed E-state index contributed by atoms with van der Waals surface area (Å²) in [7, 11) is 0. The molecule has 0 radical (unpaired) electrons. The molecular weight excluding hydrogens is 242 g/mol. The Kier molecular flexibility index (Phi) is 11.0. The summed E-state index contributed by atoms with van der Waals surface area (Å²) >= 11 is 0. The molecule has 20 heavy (non-hydrogen) atoms. The van der Waals surface area contributed by atoms with Crippen molar-refractivity contribution in [3.63, 3.8) is 0 Å². The van der Waals surface area contributed by atoms with Gasteiger partial charge in [0.2, 0.25) is 0 Å². The molecule has 1 heteroatoms. The van der Waals surface area contributed by atoms with E-state index in [9.17, 15) is 0 Å². The van der Waals surface area contributed by atoms with E-state index < -0.39 is 0 Å². The molecule has 1 saturated heterocycles. The van der Waals surface area contributed by atoms with Gasteiger partial charge < -0.3 is 5.32 Å². The van der Waals surface area contributed by atoms with E-state index in [1.165, 1.54) is 83.5 Å². The van der Waals surface area contributed by atoms with Crippen LogP contribution in [0.4, 0.5) is 0 Å². The molecule has 0 unspecified atom stereocenters. The Morgan fingerprint density at radius 1 is 0.800 bits per heavy atom. The van der Waals surface area contributed by atoms with Gasteiger partial charge in [-0.15, -0.1) is 0 Å². The van der Waals surface area contributed by atoms with Crippen molar-refractivity contribution in [2.75, 3.05) is 0 Å². The first-order valence-electron chi connectivity index (χ1n) is 9.27. The van der Waals surface area contributed by atoms with Gasteiger partial charge in [0.15, 0.2) is 0 Å². The van der Waals surface area contributed by atoms with Crippen LogP contribution in [0.3, 0.4) is 0 Å². The molecule has 0 aromatic heterocycles. The van der Waals surface area contributed by atoms with E-state index in [0.717, 1.165) is 12.1 Å². The van der Waals surface area contributed by atoms with Crippen LogP contribution in [-0.4, -0.2) is 12.1 Å². The normalized spacial score (nSPS) is 22.9. The van der Waals surface area contributed by atoms with Gasteiger partial charge in [-0.2, -0.15) is 0 Å². The van der Waals surface area contributed by atoms with Crippen LogP contribution in [0.1, 0.15) is 97.3 Å². The van der Waals surface area contributed by atoms with E-state index in [-0.39, 0.29) is 0 Å². The summed E-state index contributed by atoms with van der Waals surface area (Å²) in [6, 6.07) is 1.62. The fraction of sp³-hybridized carbons (Fsp3) is 0.895. The maximum Gasteiger partial charge on any atom is 0.00703 e. The van der Waals surface area contributed by atoms with Gasteiger partial charge in [0.25, 0.3) is 0 Å². The molecule has 0 saturated carbocycles. The molecule has 0 aromatic rings. The topological polar surface area (TPSA) is 12.0 Å². The smallest absolute Gasteiger partial charge is 0.00703 e. The highest BCUT2D eigenvalue weighted by Crippen LogP contribution is 2.19. The second-order valence-corrected chi connectivity index (χ2v) is 6.50. The number of allylic oxidation sites excluding steroid dienone is 2. The van der Waals surface area contributed by atoms with Crippen LogP contribution in [0.25, 0.3) is 0 Å². The van der Waals surface area contributed by atoms with Gasteiger partial charge in [0.05, 0.1) is 0 Å². The summed E-state index contributed by atoms with van der Waals surface area (Å²) in [6.07, 6.45) is 22.7. The van der Waals surface area contributed by atoms with Gasteiger partial charge >= 0.3 is 0 Å². The Bertz CT molecular complexity index is 234. The zero-order valence-corrected chi connectivity index (χ0v) is 14.0. The lowest BCUT2D eigenvalue weighted by Gasteiger charge is -2.11. The van der Waals surface area contributed by atoms with Crippen molar-refractivity contribution in [1.82, 2.24) is 5.32 Å². The predicted octanol–water partition coefficient (Wildman–Crippen LogP) is 5.99. The minimum atomic E-state index is 0.809. The van der Waals surface area contributed by atoms with E-state index in [4.69, 9.17) is 0 Å². The third-order valence-electron chi connectivity index (χ3n) is 4.64. The van der Waals surface area contributed by atoms with Crippen LogP contribution in [0, 0.1) is 0 Å². The highest BCUT2D eigenvalue weighted by molar-refractivity contribution is 4.85. The third kappa shape index (κ3) is 8.79. The Balaban J connectivity index is 1.83. The minimum Gasteiger partial charge on any atom is -0.311 e. The Morgan fingerprint density at radius 2 is 1.45 bits per heavy atom. The number of hydrogen-bond donors (Lipinski definition) is 1. The van der Waals surface area contributed by atoms with Crippen LogP contribution < -0.4 is 5.32 Å². The summed E-state index contributed by atoms with van der Waals surface area (Å²) in [5, 5.41) is 3.75. The van der Waals surface area contributed by atoms with Crippen molar-refractivity contribution < 1.29 is 0 Å². The first-order chi connectivity index (χ1) is 9.86. The van der Waals surface area contributed by atoms with Crippen molar-refractivity contribution in [2.45, 2.75) is 109 Å². The molecule has 1 aliphatic heterocycles. The van der Waals surface area contributed by atoms with Gasteiger partial charge in [0, 0.05) is 12.1 Å². The lowest BCUT2D eigenvalue weighted by Crippen LogP contribution is -2.28. The van der Waals surface area contributed by atoms with E-state index >= 15 is 0 Å². The van der Waals surface area contributed by atoms with Crippen molar-refractivity contribution in [3.8, 4) is 0 Å². The van der Waals surface area contributed by atoms with Crippen LogP contribution in [0.2, 0.25) is 0 Å². The van der Waals surface area contributed by atoms with Gasteiger partial charge in [-0.05, 0) is 51.4 Å². The second-order valence-electron chi connectivity index (χ2n) is 6.50. The number of nitrogens with one attached hydrogen (secondary N) is 1. The van der Waals surface area contributed by atoms with Gasteiger partial charge in [-0.25, -0.2) is 0 Å². The zero-order chi connectivity index (χ0) is 14.5. The van der Waals surface area contributed by atoms with Crippen LogP contribution >= 0.6 is 0 Å². The van der Waals surface area contributed by atoms with Gasteiger partial charge in [0.1, 0.15) is 0 Å². The first kappa shape index (κ1) is 17.8. The van der Waals surface area contributed by atoms with Crippen LogP contribution in [-0.2, 0) is 0 Å². The van der Waals surface area contributed by atoms with E-state index in [0.29, 0.717) is 0 Å². The highest BCUT2D eigenvalue weighted by atomic mass is 15.0. The molecule has 0 amide bonds. The molecule has 118 valence electrons. The SMILES string of the molecule is CCCCCCCCC=CCCC[C@@H]1CC[C@@H](CC)N1. The van der Waals surface area contributed by atoms with Crippen molar-refractivity contribution in [3.05, 3.63) is 12.2 Å². The average Bonchev–Trinajstić information content (AvgIpc) is 2.93. The third-order valence-corrected chi connectivity index (χ3v) is 4.64.